The van der Waals surface area contributed by atoms with Crippen molar-refractivity contribution in [2.75, 3.05) is 0 Å². The van der Waals surface area contributed by atoms with Crippen LogP contribution in [0.4, 0.5) is 17.6 Å². The van der Waals surface area contributed by atoms with Crippen LogP contribution in [0.1, 0.15) is 5.56 Å². The molecule has 8 heteroatoms. The largest absolute Gasteiger partial charge is 0.480 e. The highest BCUT2D eigenvalue weighted by atomic mass is 35.5. The molecule has 94 valence electrons. The molecule has 0 bridgehead atoms. The average molecular weight is 272 g/mol. The lowest BCUT2D eigenvalue weighted by atomic mass is 10.0. The number of carboxylic acid groups (broad SMARTS) is 1. The standard InChI is InChI=1S/C9H6ClF4NO2/c10-4-7(13)5(11)2(6(12)8(4)14)1-3(15)9(16)17/h3H,1,15H2,(H,16,17). The minimum absolute atomic E-state index is 0.891. The third-order valence-electron chi connectivity index (χ3n) is 2.04. The van der Waals surface area contributed by atoms with Crippen molar-refractivity contribution in [2.45, 2.75) is 12.5 Å². The first-order valence-electron chi connectivity index (χ1n) is 4.26. The molecule has 3 nitrogen and oxygen atoms in total. The first-order valence-corrected chi connectivity index (χ1v) is 4.63. The number of nitrogens with two attached hydrogens (primary N) is 1. The summed E-state index contributed by atoms with van der Waals surface area (Å²) in [4.78, 5) is 10.4. The van der Waals surface area contributed by atoms with Gasteiger partial charge in [-0.1, -0.05) is 11.6 Å². The molecule has 0 aliphatic carbocycles. The molecule has 0 saturated heterocycles. The van der Waals surface area contributed by atoms with Crippen molar-refractivity contribution in [1.82, 2.24) is 0 Å². The third kappa shape index (κ3) is 2.50. The highest BCUT2D eigenvalue weighted by Gasteiger charge is 2.26. The van der Waals surface area contributed by atoms with Gasteiger partial charge in [-0.15, -0.1) is 0 Å². The van der Waals surface area contributed by atoms with Gasteiger partial charge in [-0.05, 0) is 0 Å². The lowest BCUT2D eigenvalue weighted by molar-refractivity contribution is -0.138. The molecule has 1 unspecified atom stereocenters. The molecule has 0 spiro atoms. The second kappa shape index (κ2) is 4.89. The van der Waals surface area contributed by atoms with E-state index in [1.807, 2.05) is 0 Å². The normalized spacial score (nSPS) is 12.6. The maximum absolute atomic E-state index is 13.2. The van der Waals surface area contributed by atoms with Gasteiger partial charge in [0.2, 0.25) is 0 Å². The Hall–Kier alpha value is -1.34. The van der Waals surface area contributed by atoms with Crippen molar-refractivity contribution < 1.29 is 27.5 Å². The lowest BCUT2D eigenvalue weighted by Crippen LogP contribution is -2.33. The molecular weight excluding hydrogens is 266 g/mol. The molecule has 1 rings (SSSR count). The Kier molecular flexibility index (Phi) is 3.94. The monoisotopic (exact) mass is 271 g/mol. The minimum Gasteiger partial charge on any atom is -0.480 e. The van der Waals surface area contributed by atoms with Gasteiger partial charge in [-0.2, -0.15) is 0 Å². The zero-order valence-corrected chi connectivity index (χ0v) is 8.86. The number of hydrogen-bond acceptors (Lipinski definition) is 2. The topological polar surface area (TPSA) is 63.3 Å². The molecule has 0 amide bonds. The van der Waals surface area contributed by atoms with Crippen molar-refractivity contribution in [1.29, 1.82) is 0 Å². The van der Waals surface area contributed by atoms with Crippen LogP contribution in [0, 0.1) is 23.3 Å². The summed E-state index contributed by atoms with van der Waals surface area (Å²) < 4.78 is 52.4. The Morgan fingerprint density at radius 3 is 1.94 bits per heavy atom. The average Bonchev–Trinajstić information content (AvgIpc) is 2.29. The van der Waals surface area contributed by atoms with E-state index in [2.05, 4.69) is 0 Å². The Morgan fingerprint density at radius 2 is 1.59 bits per heavy atom. The second-order valence-corrected chi connectivity index (χ2v) is 3.58. The highest BCUT2D eigenvalue weighted by molar-refractivity contribution is 6.30. The van der Waals surface area contributed by atoms with Gasteiger partial charge in [0.05, 0.1) is 0 Å². The van der Waals surface area contributed by atoms with E-state index in [1.54, 1.807) is 0 Å². The van der Waals surface area contributed by atoms with Gasteiger partial charge in [-0.25, -0.2) is 17.6 Å². The molecule has 17 heavy (non-hydrogen) atoms. The lowest BCUT2D eigenvalue weighted by Gasteiger charge is -2.10. The van der Waals surface area contributed by atoms with Crippen LogP contribution in [0.2, 0.25) is 5.02 Å². The Labute approximate surface area is 97.8 Å². The number of aliphatic carboxylic acids is 1. The third-order valence-corrected chi connectivity index (χ3v) is 2.37. The summed E-state index contributed by atoms with van der Waals surface area (Å²) in [5, 5.41) is 7.11. The van der Waals surface area contributed by atoms with Crippen LogP contribution >= 0.6 is 11.6 Å². The molecule has 0 saturated carbocycles. The van der Waals surface area contributed by atoms with E-state index in [0.29, 0.717) is 0 Å². The maximum atomic E-state index is 13.2. The van der Waals surface area contributed by atoms with Crippen molar-refractivity contribution in [3.05, 3.63) is 33.9 Å². The summed E-state index contributed by atoms with van der Waals surface area (Å²) in [7, 11) is 0. The van der Waals surface area contributed by atoms with E-state index in [9.17, 15) is 22.4 Å². The predicted octanol–water partition coefficient (Wildman–Crippen LogP) is 1.85. The molecule has 0 radical (unpaired) electrons. The van der Waals surface area contributed by atoms with Crippen LogP contribution in [0.3, 0.4) is 0 Å². The number of halogens is 5. The SMILES string of the molecule is NC(Cc1c(F)c(F)c(Cl)c(F)c1F)C(=O)O. The summed E-state index contributed by atoms with van der Waals surface area (Å²) in [6, 6.07) is -1.68. The fourth-order valence-electron chi connectivity index (χ4n) is 1.14. The van der Waals surface area contributed by atoms with Crippen LogP contribution < -0.4 is 5.73 Å². The number of benzene rings is 1. The molecule has 1 aromatic rings. The summed E-state index contributed by atoms with van der Waals surface area (Å²) in [6.45, 7) is 0. The number of hydrogen-bond donors (Lipinski definition) is 2. The molecule has 3 N–H and O–H groups in total. The van der Waals surface area contributed by atoms with Crippen molar-refractivity contribution in [3.63, 3.8) is 0 Å². The van der Waals surface area contributed by atoms with Gasteiger partial charge < -0.3 is 10.8 Å². The quantitative estimate of drug-likeness (QED) is 0.501. The number of rotatable bonds is 3. The van der Waals surface area contributed by atoms with Crippen LogP contribution in [-0.4, -0.2) is 17.1 Å². The van der Waals surface area contributed by atoms with Crippen molar-refractivity contribution in [2.24, 2.45) is 5.73 Å². The van der Waals surface area contributed by atoms with E-state index in [1.165, 1.54) is 0 Å². The van der Waals surface area contributed by atoms with E-state index >= 15 is 0 Å². The molecule has 1 atom stereocenters. The van der Waals surface area contributed by atoms with Crippen LogP contribution in [0.5, 0.6) is 0 Å². The molecule has 1 aromatic carbocycles. The van der Waals surface area contributed by atoms with Gasteiger partial charge >= 0.3 is 5.97 Å². The smallest absolute Gasteiger partial charge is 0.320 e. The first-order chi connectivity index (χ1) is 7.77. The summed E-state index contributed by atoms with van der Waals surface area (Å²) in [5.41, 5.74) is 3.93. The molecular formula is C9H6ClF4NO2. The van der Waals surface area contributed by atoms with E-state index in [4.69, 9.17) is 22.4 Å². The van der Waals surface area contributed by atoms with Gasteiger partial charge in [-0.3, -0.25) is 4.79 Å². The summed E-state index contributed by atoms with van der Waals surface area (Å²) in [6.07, 6.45) is -0.891. The fourth-order valence-corrected chi connectivity index (χ4v) is 1.30. The Bertz CT molecular complexity index is 452. The first kappa shape index (κ1) is 13.7. The minimum atomic E-state index is -1.78. The second-order valence-electron chi connectivity index (χ2n) is 3.20. The highest BCUT2D eigenvalue weighted by Crippen LogP contribution is 2.28. The van der Waals surface area contributed by atoms with E-state index in [0.717, 1.165) is 0 Å². The zero-order valence-electron chi connectivity index (χ0n) is 8.11. The summed E-state index contributed by atoms with van der Waals surface area (Å²) >= 11 is 4.98. The molecule has 0 heterocycles. The van der Waals surface area contributed by atoms with E-state index < -0.39 is 52.3 Å². The van der Waals surface area contributed by atoms with Crippen molar-refractivity contribution in [3.8, 4) is 0 Å². The number of carboxylic acids is 1. The maximum Gasteiger partial charge on any atom is 0.320 e. The Morgan fingerprint density at radius 1 is 1.18 bits per heavy atom. The molecule has 0 aromatic heterocycles. The fraction of sp³-hybridized carbons (Fsp3) is 0.222. The predicted molar refractivity (Wildman–Crippen MR) is 50.6 cm³/mol. The van der Waals surface area contributed by atoms with Crippen molar-refractivity contribution >= 4 is 17.6 Å². The van der Waals surface area contributed by atoms with E-state index in [-0.39, 0.29) is 0 Å². The van der Waals surface area contributed by atoms with Gasteiger partial charge in [0.25, 0.3) is 0 Å². The molecule has 0 aliphatic heterocycles. The van der Waals surface area contributed by atoms with Gasteiger partial charge in [0, 0.05) is 12.0 Å². The van der Waals surface area contributed by atoms with Crippen LogP contribution in [0.25, 0.3) is 0 Å². The van der Waals surface area contributed by atoms with Crippen LogP contribution in [0.15, 0.2) is 0 Å². The Balaban J connectivity index is 3.30. The molecule has 0 aliphatic rings. The van der Waals surface area contributed by atoms with Gasteiger partial charge in [0.1, 0.15) is 11.1 Å². The van der Waals surface area contributed by atoms with Gasteiger partial charge in [0.15, 0.2) is 23.3 Å². The molecule has 0 fully saturated rings. The van der Waals surface area contributed by atoms with Crippen LogP contribution in [-0.2, 0) is 11.2 Å². The number of carbonyl (C=O) groups is 1. The zero-order chi connectivity index (χ0) is 13.3. The summed E-state index contributed by atoms with van der Waals surface area (Å²) in [5.74, 6) is -8.60.